The minimum Gasteiger partial charge on any atom is -0.478 e. The fraction of sp³-hybridized carbons (Fsp3) is 0.533. The molecule has 3 nitrogen and oxygen atoms in total. The second-order valence-corrected chi connectivity index (χ2v) is 5.82. The van der Waals surface area contributed by atoms with Crippen molar-refractivity contribution in [3.63, 3.8) is 0 Å². The summed E-state index contributed by atoms with van der Waals surface area (Å²) in [7, 11) is 0. The highest BCUT2D eigenvalue weighted by atomic mass is 35.5. The van der Waals surface area contributed by atoms with Crippen molar-refractivity contribution in [1.82, 2.24) is 0 Å². The minimum atomic E-state index is -0.989. The summed E-state index contributed by atoms with van der Waals surface area (Å²) in [6.07, 6.45) is 6.36. The Morgan fingerprint density at radius 2 is 2.11 bits per heavy atom. The highest BCUT2D eigenvalue weighted by Crippen LogP contribution is 2.41. The van der Waals surface area contributed by atoms with E-state index in [1.54, 1.807) is 18.2 Å². The van der Waals surface area contributed by atoms with Crippen LogP contribution in [0.3, 0.4) is 0 Å². The van der Waals surface area contributed by atoms with Crippen LogP contribution in [-0.2, 0) is 0 Å². The van der Waals surface area contributed by atoms with E-state index >= 15 is 0 Å². The summed E-state index contributed by atoms with van der Waals surface area (Å²) < 4.78 is 0. The number of benzene rings is 1. The van der Waals surface area contributed by atoms with Crippen molar-refractivity contribution in [1.29, 1.82) is 0 Å². The van der Waals surface area contributed by atoms with E-state index in [0.717, 1.165) is 12.2 Å². The Kier molecular flexibility index (Phi) is 4.35. The SMILES string of the molecule is CCC1(CNc2ccc(C(=O)O)c(Cl)c2)CCCC1. The molecule has 0 amide bonds. The molecule has 1 aliphatic rings. The van der Waals surface area contributed by atoms with Gasteiger partial charge in [0.1, 0.15) is 0 Å². The lowest BCUT2D eigenvalue weighted by molar-refractivity contribution is 0.0697. The van der Waals surface area contributed by atoms with E-state index in [1.807, 2.05) is 0 Å². The van der Waals surface area contributed by atoms with Crippen LogP contribution < -0.4 is 5.32 Å². The predicted octanol–water partition coefficient (Wildman–Crippen LogP) is 4.42. The van der Waals surface area contributed by atoms with Gasteiger partial charge in [0.2, 0.25) is 0 Å². The van der Waals surface area contributed by atoms with Gasteiger partial charge in [0.05, 0.1) is 10.6 Å². The molecule has 1 saturated carbocycles. The van der Waals surface area contributed by atoms with Crippen LogP contribution in [0.1, 0.15) is 49.4 Å². The molecule has 0 saturated heterocycles. The predicted molar refractivity (Wildman–Crippen MR) is 78.1 cm³/mol. The third kappa shape index (κ3) is 3.21. The minimum absolute atomic E-state index is 0.151. The van der Waals surface area contributed by atoms with Crippen LogP contribution in [0.5, 0.6) is 0 Å². The first kappa shape index (κ1) is 14.2. The average Bonchev–Trinajstić information content (AvgIpc) is 2.85. The molecule has 0 bridgehead atoms. The molecule has 2 rings (SSSR count). The Hall–Kier alpha value is -1.22. The Morgan fingerprint density at radius 3 is 2.63 bits per heavy atom. The quantitative estimate of drug-likeness (QED) is 0.840. The van der Waals surface area contributed by atoms with E-state index in [4.69, 9.17) is 16.7 Å². The number of aromatic carboxylic acids is 1. The second kappa shape index (κ2) is 5.83. The van der Waals surface area contributed by atoms with Gasteiger partial charge >= 0.3 is 5.97 Å². The normalized spacial score (nSPS) is 17.4. The topological polar surface area (TPSA) is 49.3 Å². The third-order valence-electron chi connectivity index (χ3n) is 4.28. The van der Waals surface area contributed by atoms with Gasteiger partial charge in [-0.15, -0.1) is 0 Å². The van der Waals surface area contributed by atoms with Gasteiger partial charge < -0.3 is 10.4 Å². The van der Waals surface area contributed by atoms with Crippen LogP contribution in [0.25, 0.3) is 0 Å². The summed E-state index contributed by atoms with van der Waals surface area (Å²) in [6, 6.07) is 5.04. The number of hydrogen-bond acceptors (Lipinski definition) is 2. The number of carboxylic acids is 1. The Morgan fingerprint density at radius 1 is 1.42 bits per heavy atom. The third-order valence-corrected chi connectivity index (χ3v) is 4.59. The number of halogens is 1. The monoisotopic (exact) mass is 281 g/mol. The summed E-state index contributed by atoms with van der Waals surface area (Å²) in [6.45, 7) is 3.18. The van der Waals surface area contributed by atoms with Crippen LogP contribution in [0.2, 0.25) is 5.02 Å². The van der Waals surface area contributed by atoms with Crippen molar-refractivity contribution in [2.24, 2.45) is 5.41 Å². The van der Waals surface area contributed by atoms with Gasteiger partial charge in [-0.2, -0.15) is 0 Å². The number of hydrogen-bond donors (Lipinski definition) is 2. The molecular weight excluding hydrogens is 262 g/mol. The van der Waals surface area contributed by atoms with Gasteiger partial charge in [-0.25, -0.2) is 4.79 Å². The van der Waals surface area contributed by atoms with Crippen LogP contribution in [0, 0.1) is 5.41 Å². The molecule has 4 heteroatoms. The number of rotatable bonds is 5. The molecular formula is C15H20ClNO2. The van der Waals surface area contributed by atoms with Gasteiger partial charge in [0.25, 0.3) is 0 Å². The maximum absolute atomic E-state index is 10.9. The summed E-state index contributed by atoms with van der Waals surface area (Å²) >= 11 is 5.97. The van der Waals surface area contributed by atoms with Crippen molar-refractivity contribution in [2.75, 3.05) is 11.9 Å². The molecule has 1 fully saturated rings. The van der Waals surface area contributed by atoms with Crippen LogP contribution in [0.15, 0.2) is 18.2 Å². The lowest BCUT2D eigenvalue weighted by Crippen LogP contribution is -2.25. The number of carboxylic acid groups (broad SMARTS) is 1. The molecule has 0 unspecified atom stereocenters. The van der Waals surface area contributed by atoms with Crippen LogP contribution in [0.4, 0.5) is 5.69 Å². The van der Waals surface area contributed by atoms with E-state index < -0.39 is 5.97 Å². The Bertz CT molecular complexity index is 467. The van der Waals surface area contributed by atoms with Crippen molar-refractivity contribution >= 4 is 23.3 Å². The molecule has 2 N–H and O–H groups in total. The molecule has 0 radical (unpaired) electrons. The zero-order chi connectivity index (χ0) is 13.9. The van der Waals surface area contributed by atoms with Crippen LogP contribution >= 0.6 is 11.6 Å². The van der Waals surface area contributed by atoms with Crippen molar-refractivity contribution in [2.45, 2.75) is 39.0 Å². The molecule has 104 valence electrons. The first-order valence-electron chi connectivity index (χ1n) is 6.83. The summed E-state index contributed by atoms with van der Waals surface area (Å²) in [5.74, 6) is -0.989. The number of carbonyl (C=O) groups is 1. The number of nitrogens with one attached hydrogen (secondary N) is 1. The summed E-state index contributed by atoms with van der Waals surface area (Å²) in [5.41, 5.74) is 1.45. The van der Waals surface area contributed by atoms with E-state index in [2.05, 4.69) is 12.2 Å². The first-order valence-corrected chi connectivity index (χ1v) is 7.21. The van der Waals surface area contributed by atoms with E-state index in [-0.39, 0.29) is 10.6 Å². The summed E-state index contributed by atoms with van der Waals surface area (Å²) in [4.78, 5) is 10.9. The summed E-state index contributed by atoms with van der Waals surface area (Å²) in [5, 5.41) is 12.6. The van der Waals surface area contributed by atoms with Gasteiger partial charge in [-0.1, -0.05) is 31.4 Å². The molecule has 19 heavy (non-hydrogen) atoms. The molecule has 0 spiro atoms. The molecule has 0 aromatic heterocycles. The number of anilines is 1. The fourth-order valence-electron chi connectivity index (χ4n) is 2.87. The molecule has 1 aromatic carbocycles. The largest absolute Gasteiger partial charge is 0.478 e. The molecule has 0 aliphatic heterocycles. The maximum Gasteiger partial charge on any atom is 0.337 e. The van der Waals surface area contributed by atoms with Crippen LogP contribution in [-0.4, -0.2) is 17.6 Å². The molecule has 0 atom stereocenters. The van der Waals surface area contributed by atoms with Gasteiger partial charge in [-0.3, -0.25) is 0 Å². The van der Waals surface area contributed by atoms with Gasteiger partial charge in [0.15, 0.2) is 0 Å². The average molecular weight is 282 g/mol. The van der Waals surface area contributed by atoms with E-state index in [0.29, 0.717) is 5.41 Å². The fourth-order valence-corrected chi connectivity index (χ4v) is 3.13. The second-order valence-electron chi connectivity index (χ2n) is 5.41. The van der Waals surface area contributed by atoms with Gasteiger partial charge in [-0.05, 0) is 42.9 Å². The lowest BCUT2D eigenvalue weighted by atomic mass is 9.83. The highest BCUT2D eigenvalue weighted by Gasteiger charge is 2.31. The molecule has 1 aliphatic carbocycles. The van der Waals surface area contributed by atoms with E-state index in [9.17, 15) is 4.79 Å². The maximum atomic E-state index is 10.9. The zero-order valence-corrected chi connectivity index (χ0v) is 12.0. The molecule has 0 heterocycles. The standard InChI is InChI=1S/C15H20ClNO2/c1-2-15(7-3-4-8-15)10-17-11-5-6-12(14(18)19)13(16)9-11/h5-6,9,17H,2-4,7-8,10H2,1H3,(H,18,19). The van der Waals surface area contributed by atoms with Gasteiger partial charge in [0, 0.05) is 12.2 Å². The smallest absolute Gasteiger partial charge is 0.337 e. The van der Waals surface area contributed by atoms with Crippen molar-refractivity contribution in [3.05, 3.63) is 28.8 Å². The highest BCUT2D eigenvalue weighted by molar-refractivity contribution is 6.33. The lowest BCUT2D eigenvalue weighted by Gasteiger charge is -2.28. The zero-order valence-electron chi connectivity index (χ0n) is 11.2. The molecule has 1 aromatic rings. The van der Waals surface area contributed by atoms with Crippen molar-refractivity contribution in [3.8, 4) is 0 Å². The Balaban J connectivity index is 2.03. The van der Waals surface area contributed by atoms with E-state index in [1.165, 1.54) is 32.1 Å². The van der Waals surface area contributed by atoms with Crippen molar-refractivity contribution < 1.29 is 9.90 Å². The first-order chi connectivity index (χ1) is 9.06. The Labute approximate surface area is 119 Å².